The van der Waals surface area contributed by atoms with Crippen molar-refractivity contribution in [3.63, 3.8) is 0 Å². The van der Waals surface area contributed by atoms with Crippen LogP contribution >= 0.6 is 0 Å². The van der Waals surface area contributed by atoms with E-state index in [2.05, 4.69) is 59.4 Å². The van der Waals surface area contributed by atoms with E-state index >= 15 is 0 Å². The second-order valence-electron chi connectivity index (χ2n) is 19.0. The molecule has 9 rings (SSSR count). The Kier molecular flexibility index (Phi) is 11.4. The summed E-state index contributed by atoms with van der Waals surface area (Å²) in [6, 6.07) is 21.0. The second-order valence-corrected chi connectivity index (χ2v) is 19.0. The van der Waals surface area contributed by atoms with Gasteiger partial charge in [0.25, 0.3) is 5.91 Å². The number of carbonyl (C=O) groups excluding carboxylic acids is 2. The topological polar surface area (TPSA) is 136 Å². The number of ether oxygens (including phenoxy) is 2. The number of nitrogens with one attached hydrogen (secondary N) is 2. The SMILES string of the molecule is COc1c(CN2O[C@@H](O)[C@]3(CC3(C)O)[C@H]2C(=O)N[C@H]2C[C@H]3C[C@@H]([C@@H]2C)C3(C)C)cccc1-c1cc(C(=O)N[C@@H](Cc2ccccc2)CN(C)C)cc(N2CCOCC2)c1. The highest BCUT2D eigenvalue weighted by Gasteiger charge is 2.78. The highest BCUT2D eigenvalue weighted by Crippen LogP contribution is 2.66. The summed E-state index contributed by atoms with van der Waals surface area (Å²) in [5.74, 6) is 1.58. The van der Waals surface area contributed by atoms with Gasteiger partial charge in [0.1, 0.15) is 11.8 Å². The summed E-state index contributed by atoms with van der Waals surface area (Å²) in [7, 11) is 5.64. The van der Waals surface area contributed by atoms with Gasteiger partial charge in [-0.05, 0) is 99.2 Å². The smallest absolute Gasteiger partial charge is 0.251 e. The van der Waals surface area contributed by atoms with Gasteiger partial charge in [-0.15, -0.1) is 0 Å². The van der Waals surface area contributed by atoms with E-state index in [1.165, 1.54) is 6.42 Å². The molecule has 6 aliphatic rings. The van der Waals surface area contributed by atoms with Gasteiger partial charge < -0.3 is 40.1 Å². The van der Waals surface area contributed by atoms with Crippen LogP contribution in [0.4, 0.5) is 5.69 Å². The first kappa shape index (κ1) is 41.7. The van der Waals surface area contributed by atoms with Gasteiger partial charge in [-0.3, -0.25) is 14.4 Å². The van der Waals surface area contributed by atoms with Gasteiger partial charge in [0.15, 0.2) is 6.29 Å². The molecule has 0 radical (unpaired) electrons. The number of methoxy groups -OCH3 is 1. The Balaban J connectivity index is 1.09. The summed E-state index contributed by atoms with van der Waals surface area (Å²) < 4.78 is 11.8. The van der Waals surface area contributed by atoms with E-state index in [1.807, 2.05) is 62.6 Å². The maximum Gasteiger partial charge on any atom is 0.251 e. The summed E-state index contributed by atoms with van der Waals surface area (Å²) in [4.78, 5) is 39.2. The average molecular weight is 810 g/mol. The van der Waals surface area contributed by atoms with Crippen LogP contribution in [0.2, 0.25) is 0 Å². The van der Waals surface area contributed by atoms with E-state index in [9.17, 15) is 19.8 Å². The van der Waals surface area contributed by atoms with Gasteiger partial charge in [-0.2, -0.15) is 5.06 Å². The molecule has 0 aromatic heterocycles. The molecule has 12 nitrogen and oxygen atoms in total. The molecule has 318 valence electrons. The monoisotopic (exact) mass is 809 g/mol. The molecule has 1 spiro atoms. The van der Waals surface area contributed by atoms with Gasteiger partial charge in [0.05, 0.1) is 37.9 Å². The van der Waals surface area contributed by atoms with Crippen molar-refractivity contribution in [1.29, 1.82) is 0 Å². The molecule has 2 amide bonds. The van der Waals surface area contributed by atoms with Gasteiger partial charge in [0.2, 0.25) is 5.91 Å². The number of hydroxylamine groups is 2. The van der Waals surface area contributed by atoms with Crippen LogP contribution in [0, 0.1) is 28.6 Å². The van der Waals surface area contributed by atoms with Crippen molar-refractivity contribution in [2.75, 3.05) is 59.0 Å². The van der Waals surface area contributed by atoms with E-state index in [0.29, 0.717) is 68.3 Å². The number of hydrogen-bond acceptors (Lipinski definition) is 10. The first-order valence-corrected chi connectivity index (χ1v) is 21.4. The highest BCUT2D eigenvalue weighted by atomic mass is 16.8. The second kappa shape index (κ2) is 16.1. The molecule has 59 heavy (non-hydrogen) atoms. The third-order valence-corrected chi connectivity index (χ3v) is 14.6. The number of para-hydroxylation sites is 1. The lowest BCUT2D eigenvalue weighted by Gasteiger charge is -2.62. The molecule has 4 saturated carbocycles. The molecule has 12 heteroatoms. The van der Waals surface area contributed by atoms with E-state index in [1.54, 1.807) is 19.1 Å². The molecule has 9 atom stereocenters. The summed E-state index contributed by atoms with van der Waals surface area (Å²) in [6.07, 6.45) is 1.69. The molecular weight excluding hydrogens is 747 g/mol. The Morgan fingerprint density at radius 2 is 1.75 bits per heavy atom. The molecule has 2 aliphatic heterocycles. The van der Waals surface area contributed by atoms with E-state index < -0.39 is 23.3 Å². The number of aliphatic hydroxyl groups excluding tert-OH is 1. The van der Waals surface area contributed by atoms with Crippen LogP contribution in [0.15, 0.2) is 66.7 Å². The van der Waals surface area contributed by atoms with Crippen LogP contribution in [0.25, 0.3) is 11.1 Å². The zero-order valence-corrected chi connectivity index (χ0v) is 35.7. The van der Waals surface area contributed by atoms with Crippen molar-refractivity contribution in [2.45, 2.75) is 89.9 Å². The molecule has 2 saturated heterocycles. The average Bonchev–Trinajstić information content (AvgIpc) is 3.68. The number of aliphatic hydroxyl groups is 2. The Labute approximate surface area is 349 Å². The van der Waals surface area contributed by atoms with Crippen molar-refractivity contribution in [3.05, 3.63) is 83.4 Å². The van der Waals surface area contributed by atoms with Crippen LogP contribution in [-0.2, 0) is 27.3 Å². The Morgan fingerprint density at radius 1 is 1.02 bits per heavy atom. The van der Waals surface area contributed by atoms with Gasteiger partial charge >= 0.3 is 0 Å². The van der Waals surface area contributed by atoms with Crippen molar-refractivity contribution < 1.29 is 34.1 Å². The quantitative estimate of drug-likeness (QED) is 0.190. The maximum absolute atomic E-state index is 14.5. The molecule has 2 bridgehead atoms. The first-order chi connectivity index (χ1) is 28.1. The Morgan fingerprint density at radius 3 is 2.39 bits per heavy atom. The number of anilines is 1. The number of fused-ring (bicyclic) bond motifs is 2. The number of carbonyl (C=O) groups is 2. The fourth-order valence-corrected chi connectivity index (χ4v) is 11.1. The number of nitrogens with zero attached hydrogens (tertiary/aromatic N) is 3. The molecule has 2 heterocycles. The molecule has 6 fully saturated rings. The number of morpholine rings is 1. The lowest BCUT2D eigenvalue weighted by atomic mass is 9.45. The van der Waals surface area contributed by atoms with Crippen molar-refractivity contribution in [3.8, 4) is 16.9 Å². The fourth-order valence-electron chi connectivity index (χ4n) is 11.1. The third-order valence-electron chi connectivity index (χ3n) is 14.6. The minimum atomic E-state index is -1.36. The van der Waals surface area contributed by atoms with Gasteiger partial charge in [0, 0.05) is 54.1 Å². The summed E-state index contributed by atoms with van der Waals surface area (Å²) in [5, 5.41) is 31.0. The normalized spacial score (nSPS) is 31.5. The van der Waals surface area contributed by atoms with Crippen LogP contribution < -0.4 is 20.3 Å². The van der Waals surface area contributed by atoms with Gasteiger partial charge in [-0.25, -0.2) is 0 Å². The van der Waals surface area contributed by atoms with Crippen molar-refractivity contribution >= 4 is 17.5 Å². The third kappa shape index (κ3) is 7.77. The predicted octanol–water partition coefficient (Wildman–Crippen LogP) is 4.86. The fraction of sp³-hybridized carbons (Fsp3) is 0.574. The van der Waals surface area contributed by atoms with Crippen molar-refractivity contribution in [2.24, 2.45) is 28.6 Å². The molecule has 4 N–H and O–H groups in total. The maximum atomic E-state index is 14.5. The lowest BCUT2D eigenvalue weighted by Crippen LogP contribution is -2.62. The minimum absolute atomic E-state index is 0.0131. The lowest BCUT2D eigenvalue weighted by molar-refractivity contribution is -0.232. The van der Waals surface area contributed by atoms with Crippen molar-refractivity contribution in [1.82, 2.24) is 20.6 Å². The minimum Gasteiger partial charge on any atom is -0.496 e. The zero-order valence-electron chi connectivity index (χ0n) is 35.7. The summed E-state index contributed by atoms with van der Waals surface area (Å²) in [6.45, 7) is 12.0. The van der Waals surface area contributed by atoms with E-state index in [-0.39, 0.29) is 42.3 Å². The zero-order chi connectivity index (χ0) is 41.9. The predicted molar refractivity (Wildman–Crippen MR) is 227 cm³/mol. The molecule has 4 aliphatic carbocycles. The molecule has 1 unspecified atom stereocenters. The van der Waals surface area contributed by atoms with Gasteiger partial charge in [-0.1, -0.05) is 69.3 Å². The standard InChI is InChI=1S/C47H63N5O7/c1-29-38-24-34(45(38,2)3)25-39(29)49-43(54)41-47(28-46(47,4)56)44(55)59-52(41)26-31-14-11-15-37(40(31)57-7)32-21-33(23-36(22-32)51-16-18-58-19-17-51)42(53)48-35(27-50(5)6)20-30-12-9-8-10-13-30/h8-15,21-23,29,34-35,38-39,41,44,55-56H,16-20,24-28H2,1-7H3,(H,48,53)(H,49,54)/t29-,34+,35-,38-,39-,41+,44+,46?,47-/m0/s1. The number of amides is 2. The van der Waals surface area contributed by atoms with Crippen LogP contribution in [0.5, 0.6) is 5.75 Å². The first-order valence-electron chi connectivity index (χ1n) is 21.4. The molecular formula is C47H63N5O7. The number of benzene rings is 3. The van der Waals surface area contributed by atoms with Crippen LogP contribution in [0.3, 0.4) is 0 Å². The molecule has 3 aromatic rings. The van der Waals surface area contributed by atoms with E-state index in [4.69, 9.17) is 14.3 Å². The summed E-state index contributed by atoms with van der Waals surface area (Å²) >= 11 is 0. The largest absolute Gasteiger partial charge is 0.496 e. The van der Waals surface area contributed by atoms with Crippen LogP contribution in [-0.4, -0.2) is 116 Å². The number of rotatable bonds is 13. The van der Waals surface area contributed by atoms with Crippen LogP contribution in [0.1, 0.15) is 68.4 Å². The van der Waals surface area contributed by atoms with E-state index in [0.717, 1.165) is 34.4 Å². The highest BCUT2D eigenvalue weighted by molar-refractivity contribution is 5.97. The number of likely N-dealkylation sites (N-methyl/N-ethyl adjacent to an activating group) is 1. The molecule has 3 aromatic carbocycles. The Bertz CT molecular complexity index is 2020. The Hall–Kier alpha value is -4.04. The number of hydrogen-bond donors (Lipinski definition) is 4. The summed E-state index contributed by atoms with van der Waals surface area (Å²) in [5.41, 5.74) is 2.73.